The number of nitrogens with one attached hydrogen (secondary N) is 1. The molecular formula is C19H21N3O3. The highest BCUT2D eigenvalue weighted by Crippen LogP contribution is 2.33. The van der Waals surface area contributed by atoms with Crippen LogP contribution in [0.1, 0.15) is 41.5 Å². The molecule has 3 rings (SSSR count). The minimum atomic E-state index is -0.116. The van der Waals surface area contributed by atoms with Crippen LogP contribution in [0.25, 0.3) is 0 Å². The lowest BCUT2D eigenvalue weighted by molar-refractivity contribution is 0.156. The molecule has 0 spiro atoms. The topological polar surface area (TPSA) is 78.5 Å². The van der Waals surface area contributed by atoms with Gasteiger partial charge in [-0.1, -0.05) is 12.1 Å². The van der Waals surface area contributed by atoms with Crippen molar-refractivity contribution < 1.29 is 13.9 Å². The molecule has 6 nitrogen and oxygen atoms in total. The van der Waals surface area contributed by atoms with Gasteiger partial charge in [0.2, 0.25) is 0 Å². The van der Waals surface area contributed by atoms with Crippen molar-refractivity contribution in [1.29, 1.82) is 5.26 Å². The zero-order chi connectivity index (χ0) is 17.6. The van der Waals surface area contributed by atoms with Gasteiger partial charge in [-0.15, -0.1) is 0 Å². The van der Waals surface area contributed by atoms with Gasteiger partial charge in [0.25, 0.3) is 0 Å². The van der Waals surface area contributed by atoms with Crippen LogP contribution in [0.4, 0.5) is 4.79 Å². The molecule has 2 aromatic rings. The van der Waals surface area contributed by atoms with E-state index in [-0.39, 0.29) is 12.1 Å². The van der Waals surface area contributed by atoms with E-state index in [4.69, 9.17) is 14.4 Å². The molecule has 2 heterocycles. The summed E-state index contributed by atoms with van der Waals surface area (Å²) < 4.78 is 10.9. The lowest BCUT2D eigenvalue weighted by Gasteiger charge is -2.23. The number of carbonyl (C=O) groups excluding carboxylic acids is 1. The zero-order valence-corrected chi connectivity index (χ0v) is 14.2. The first-order chi connectivity index (χ1) is 12.2. The molecule has 1 aromatic carbocycles. The smallest absolute Gasteiger partial charge is 0.318 e. The van der Waals surface area contributed by atoms with Gasteiger partial charge in [0.15, 0.2) is 0 Å². The van der Waals surface area contributed by atoms with Gasteiger partial charge in [-0.25, -0.2) is 4.79 Å². The van der Waals surface area contributed by atoms with Crippen molar-refractivity contribution in [1.82, 2.24) is 10.2 Å². The lowest BCUT2D eigenvalue weighted by Crippen LogP contribution is -2.39. The molecule has 0 bridgehead atoms. The van der Waals surface area contributed by atoms with Crippen LogP contribution in [-0.2, 0) is 17.9 Å². The van der Waals surface area contributed by atoms with E-state index in [9.17, 15) is 4.79 Å². The van der Waals surface area contributed by atoms with E-state index in [0.717, 1.165) is 29.9 Å². The summed E-state index contributed by atoms with van der Waals surface area (Å²) in [6.45, 7) is 1.52. The first-order valence-corrected chi connectivity index (χ1v) is 8.32. The van der Waals surface area contributed by atoms with Gasteiger partial charge in [-0.3, -0.25) is 0 Å². The van der Waals surface area contributed by atoms with Gasteiger partial charge < -0.3 is 19.4 Å². The third kappa shape index (κ3) is 4.01. The molecule has 1 fully saturated rings. The van der Waals surface area contributed by atoms with Crippen molar-refractivity contribution in [2.45, 2.75) is 32.0 Å². The number of nitriles is 1. The first-order valence-electron chi connectivity index (χ1n) is 8.32. The summed E-state index contributed by atoms with van der Waals surface area (Å²) in [6.07, 6.45) is 1.83. The molecule has 1 aliphatic heterocycles. The van der Waals surface area contributed by atoms with Gasteiger partial charge in [-0.05, 0) is 42.7 Å². The summed E-state index contributed by atoms with van der Waals surface area (Å²) in [5.41, 5.74) is 1.50. The minimum Gasteiger partial charge on any atom is -0.461 e. The van der Waals surface area contributed by atoms with Gasteiger partial charge >= 0.3 is 6.03 Å². The number of likely N-dealkylation sites (tertiary alicyclic amines) is 1. The third-order valence-electron chi connectivity index (χ3n) is 4.31. The number of rotatable bonds is 5. The van der Waals surface area contributed by atoms with Crippen LogP contribution >= 0.6 is 0 Å². The average Bonchev–Trinajstić information content (AvgIpc) is 3.29. The fourth-order valence-electron chi connectivity index (χ4n) is 3.13. The number of carbonyl (C=O) groups is 1. The van der Waals surface area contributed by atoms with Crippen molar-refractivity contribution in [3.05, 3.63) is 59.0 Å². The zero-order valence-electron chi connectivity index (χ0n) is 14.2. The molecule has 1 aliphatic rings. The van der Waals surface area contributed by atoms with Crippen LogP contribution in [0.5, 0.6) is 0 Å². The normalized spacial score (nSPS) is 16.6. The summed E-state index contributed by atoms with van der Waals surface area (Å²) in [5, 5.41) is 11.9. The van der Waals surface area contributed by atoms with E-state index in [1.165, 1.54) is 0 Å². The fourth-order valence-corrected chi connectivity index (χ4v) is 3.13. The standard InChI is InChI=1S/C19H21N3O3/c1-24-13-16-7-8-18(25-16)17-6-3-9-22(17)19(23)21-12-15-5-2-4-14(10-15)11-20/h2,4-5,7-8,10,17H,3,6,9,12-13H2,1H3,(H,21,23)/t17-/m1/s1. The van der Waals surface area contributed by atoms with Gasteiger partial charge in [0.05, 0.1) is 17.7 Å². The highest BCUT2D eigenvalue weighted by molar-refractivity contribution is 5.75. The Hall–Kier alpha value is -2.78. The van der Waals surface area contributed by atoms with E-state index < -0.39 is 0 Å². The molecule has 0 radical (unpaired) electrons. The predicted molar refractivity (Wildman–Crippen MR) is 91.5 cm³/mol. The van der Waals surface area contributed by atoms with Gasteiger partial charge in [0.1, 0.15) is 18.1 Å². The molecule has 25 heavy (non-hydrogen) atoms. The Balaban J connectivity index is 1.63. The second-order valence-electron chi connectivity index (χ2n) is 6.06. The number of furan rings is 1. The van der Waals surface area contributed by atoms with Gasteiger partial charge in [-0.2, -0.15) is 5.26 Å². The Bertz CT molecular complexity index is 778. The number of hydrogen-bond acceptors (Lipinski definition) is 4. The molecule has 2 amide bonds. The number of hydrogen-bond donors (Lipinski definition) is 1. The molecule has 1 saturated heterocycles. The second kappa shape index (κ2) is 7.86. The Morgan fingerprint density at radius 1 is 1.44 bits per heavy atom. The fraction of sp³-hybridized carbons (Fsp3) is 0.368. The quantitative estimate of drug-likeness (QED) is 0.906. The number of amides is 2. The maximum atomic E-state index is 12.6. The maximum Gasteiger partial charge on any atom is 0.318 e. The van der Waals surface area contributed by atoms with Crippen molar-refractivity contribution in [3.8, 4) is 6.07 Å². The maximum absolute atomic E-state index is 12.6. The molecule has 130 valence electrons. The number of benzene rings is 1. The van der Waals surface area contributed by atoms with Crippen LogP contribution < -0.4 is 5.32 Å². The van der Waals surface area contributed by atoms with E-state index in [1.54, 1.807) is 19.2 Å². The lowest BCUT2D eigenvalue weighted by atomic mass is 10.1. The molecule has 6 heteroatoms. The molecule has 0 unspecified atom stereocenters. The minimum absolute atomic E-state index is 0.0453. The Morgan fingerprint density at radius 3 is 3.12 bits per heavy atom. The number of methoxy groups -OCH3 is 1. The largest absolute Gasteiger partial charge is 0.461 e. The molecule has 0 saturated carbocycles. The second-order valence-corrected chi connectivity index (χ2v) is 6.06. The summed E-state index contributed by atoms with van der Waals surface area (Å²) in [5.74, 6) is 1.56. The Labute approximate surface area is 147 Å². The number of nitrogens with zero attached hydrogens (tertiary/aromatic N) is 2. The van der Waals surface area contributed by atoms with Crippen LogP contribution in [0.3, 0.4) is 0 Å². The van der Waals surface area contributed by atoms with E-state index in [1.807, 2.05) is 29.2 Å². The van der Waals surface area contributed by atoms with Gasteiger partial charge in [0, 0.05) is 20.2 Å². The first kappa shape index (κ1) is 17.1. The summed E-state index contributed by atoms with van der Waals surface area (Å²) in [7, 11) is 1.62. The van der Waals surface area contributed by atoms with Crippen molar-refractivity contribution in [2.75, 3.05) is 13.7 Å². The Morgan fingerprint density at radius 2 is 2.32 bits per heavy atom. The Kier molecular flexibility index (Phi) is 5.36. The van der Waals surface area contributed by atoms with E-state index in [2.05, 4.69) is 11.4 Å². The van der Waals surface area contributed by atoms with E-state index >= 15 is 0 Å². The molecule has 1 N–H and O–H groups in total. The van der Waals surface area contributed by atoms with E-state index in [0.29, 0.717) is 25.3 Å². The van der Waals surface area contributed by atoms with Crippen LogP contribution in [0.2, 0.25) is 0 Å². The SMILES string of the molecule is COCc1ccc([C@H]2CCCN2C(=O)NCc2cccc(C#N)c2)o1. The highest BCUT2D eigenvalue weighted by atomic mass is 16.5. The average molecular weight is 339 g/mol. The third-order valence-corrected chi connectivity index (χ3v) is 4.31. The molecule has 1 atom stereocenters. The highest BCUT2D eigenvalue weighted by Gasteiger charge is 2.32. The van der Waals surface area contributed by atoms with Crippen LogP contribution in [0, 0.1) is 11.3 Å². The summed E-state index contributed by atoms with van der Waals surface area (Å²) in [4.78, 5) is 14.4. The van der Waals surface area contributed by atoms with Crippen LogP contribution in [-0.4, -0.2) is 24.6 Å². The van der Waals surface area contributed by atoms with Crippen molar-refractivity contribution in [3.63, 3.8) is 0 Å². The number of urea groups is 1. The van der Waals surface area contributed by atoms with Crippen molar-refractivity contribution >= 4 is 6.03 Å². The molecule has 0 aliphatic carbocycles. The summed E-state index contributed by atoms with van der Waals surface area (Å²) in [6, 6.07) is 13.0. The van der Waals surface area contributed by atoms with Crippen LogP contribution in [0.15, 0.2) is 40.8 Å². The molecular weight excluding hydrogens is 318 g/mol. The van der Waals surface area contributed by atoms with Crippen molar-refractivity contribution in [2.24, 2.45) is 0 Å². The monoisotopic (exact) mass is 339 g/mol. The predicted octanol–water partition coefficient (Wildman–Crippen LogP) is 3.34. The number of ether oxygens (including phenoxy) is 1. The molecule has 1 aromatic heterocycles. The summed E-state index contributed by atoms with van der Waals surface area (Å²) >= 11 is 0.